The molecular weight excluding hydrogens is 276 g/mol. The lowest BCUT2D eigenvalue weighted by atomic mass is 9.99. The Morgan fingerprint density at radius 1 is 1.05 bits per heavy atom. The van der Waals surface area contributed by atoms with E-state index in [2.05, 4.69) is 0 Å². The molecule has 1 aromatic carbocycles. The molecule has 0 N–H and O–H groups in total. The fourth-order valence-electron chi connectivity index (χ4n) is 2.50. The minimum atomic E-state index is -1.26. The maximum Gasteiger partial charge on any atom is 0.323 e. The summed E-state index contributed by atoms with van der Waals surface area (Å²) in [6, 6.07) is 6.68. The van der Waals surface area contributed by atoms with Gasteiger partial charge >= 0.3 is 17.9 Å². The van der Waals surface area contributed by atoms with Gasteiger partial charge in [0.15, 0.2) is 5.41 Å². The molecule has 6 nitrogen and oxygen atoms in total. The molecule has 0 saturated heterocycles. The molecule has 0 heterocycles. The summed E-state index contributed by atoms with van der Waals surface area (Å²) in [6.07, 6.45) is 0.346. The quantitative estimate of drug-likeness (QED) is 0.474. The third kappa shape index (κ3) is 2.61. The highest BCUT2D eigenvalue weighted by molar-refractivity contribution is 6.05. The topological polar surface area (TPSA) is 78.9 Å². The molecule has 0 aromatic heterocycles. The first-order valence-corrected chi connectivity index (χ1v) is 6.41. The van der Waals surface area contributed by atoms with Crippen molar-refractivity contribution in [1.29, 1.82) is 0 Å². The van der Waals surface area contributed by atoms with Crippen LogP contribution < -0.4 is 4.74 Å². The summed E-state index contributed by atoms with van der Waals surface area (Å²) in [4.78, 5) is 34.7. The first kappa shape index (κ1) is 15.0. The minimum absolute atomic E-state index is 0.288. The van der Waals surface area contributed by atoms with E-state index in [4.69, 9.17) is 14.2 Å². The van der Waals surface area contributed by atoms with Gasteiger partial charge in [0.1, 0.15) is 5.75 Å². The van der Waals surface area contributed by atoms with Crippen molar-refractivity contribution in [3.63, 3.8) is 0 Å². The van der Waals surface area contributed by atoms with Crippen LogP contribution in [-0.2, 0) is 23.9 Å². The molecule has 1 aliphatic carbocycles. The summed E-state index contributed by atoms with van der Waals surface area (Å²) < 4.78 is 14.4. The smallest absolute Gasteiger partial charge is 0.323 e. The van der Waals surface area contributed by atoms with Gasteiger partial charge < -0.3 is 14.2 Å². The van der Waals surface area contributed by atoms with Crippen molar-refractivity contribution in [1.82, 2.24) is 0 Å². The van der Waals surface area contributed by atoms with Crippen LogP contribution in [0.3, 0.4) is 0 Å². The first-order chi connectivity index (χ1) is 9.95. The van der Waals surface area contributed by atoms with Gasteiger partial charge in [0, 0.05) is 12.8 Å². The molecule has 1 fully saturated rings. The Bertz CT molecular complexity index is 558. The van der Waals surface area contributed by atoms with Gasteiger partial charge in [-0.2, -0.15) is 0 Å². The zero-order chi connectivity index (χ0) is 15.6. The maximum atomic E-state index is 11.9. The third-order valence-corrected chi connectivity index (χ3v) is 3.60. The second kappa shape index (κ2) is 5.55. The summed E-state index contributed by atoms with van der Waals surface area (Å²) in [5, 5.41) is 0. The van der Waals surface area contributed by atoms with E-state index in [1.54, 1.807) is 24.3 Å². The van der Waals surface area contributed by atoms with Crippen molar-refractivity contribution >= 4 is 17.9 Å². The fourth-order valence-corrected chi connectivity index (χ4v) is 2.50. The molecule has 1 atom stereocenters. The molecule has 1 unspecified atom stereocenters. The number of carbonyl (C=O) groups excluding carboxylic acids is 3. The molecule has 0 radical (unpaired) electrons. The molecule has 1 saturated carbocycles. The summed E-state index contributed by atoms with van der Waals surface area (Å²) in [5.41, 5.74) is -0.464. The molecule has 2 rings (SSSR count). The lowest BCUT2D eigenvalue weighted by Crippen LogP contribution is -2.30. The molecule has 6 heteroatoms. The summed E-state index contributed by atoms with van der Waals surface area (Å²) in [5.74, 6) is -1.48. The highest BCUT2D eigenvalue weighted by Gasteiger charge is 2.68. The number of benzene rings is 1. The van der Waals surface area contributed by atoms with Gasteiger partial charge in [-0.1, -0.05) is 12.1 Å². The first-order valence-electron chi connectivity index (χ1n) is 6.41. The van der Waals surface area contributed by atoms with Gasteiger partial charge in [-0.25, -0.2) is 0 Å². The zero-order valence-corrected chi connectivity index (χ0v) is 12.0. The molecule has 21 heavy (non-hydrogen) atoms. The average Bonchev–Trinajstić information content (AvgIpc) is 3.22. The van der Waals surface area contributed by atoms with Crippen LogP contribution in [0, 0.1) is 5.41 Å². The van der Waals surface area contributed by atoms with Crippen molar-refractivity contribution < 1.29 is 28.6 Å². The van der Waals surface area contributed by atoms with Crippen molar-refractivity contribution in [3.8, 4) is 5.75 Å². The van der Waals surface area contributed by atoms with E-state index in [-0.39, 0.29) is 5.92 Å². The number of rotatable bonds is 4. The Kier molecular flexibility index (Phi) is 3.97. The standard InChI is InChI=1S/C15H16O6/c1-9(16)21-11-6-4-10(5-7-11)12-8-15(12,13(17)19-2)14(18)20-3/h4-7,12H,8H2,1-3H3. The van der Waals surface area contributed by atoms with Gasteiger partial charge in [-0.3, -0.25) is 14.4 Å². The highest BCUT2D eigenvalue weighted by atomic mass is 16.5. The SMILES string of the molecule is COC(=O)C1(C(=O)OC)CC1c1ccc(OC(C)=O)cc1. The average molecular weight is 292 g/mol. The Hall–Kier alpha value is -2.37. The summed E-state index contributed by atoms with van der Waals surface area (Å²) in [7, 11) is 2.48. The molecule has 1 aromatic rings. The van der Waals surface area contributed by atoms with Crippen molar-refractivity contribution in [3.05, 3.63) is 29.8 Å². The van der Waals surface area contributed by atoms with Crippen molar-refractivity contribution in [2.45, 2.75) is 19.3 Å². The Morgan fingerprint density at radius 3 is 2.00 bits per heavy atom. The number of methoxy groups -OCH3 is 2. The number of carbonyl (C=O) groups is 3. The van der Waals surface area contributed by atoms with Crippen LogP contribution in [0.4, 0.5) is 0 Å². The van der Waals surface area contributed by atoms with Crippen LogP contribution in [0.15, 0.2) is 24.3 Å². The summed E-state index contributed by atoms with van der Waals surface area (Å²) in [6.45, 7) is 1.31. The van der Waals surface area contributed by atoms with Crippen LogP contribution >= 0.6 is 0 Å². The van der Waals surface area contributed by atoms with Crippen LogP contribution in [0.25, 0.3) is 0 Å². The van der Waals surface area contributed by atoms with E-state index in [1.165, 1.54) is 21.1 Å². The maximum absolute atomic E-state index is 11.9. The van der Waals surface area contributed by atoms with Crippen LogP contribution in [0.2, 0.25) is 0 Å². The lowest BCUT2D eigenvalue weighted by molar-refractivity contribution is -0.161. The monoisotopic (exact) mass is 292 g/mol. The van der Waals surface area contributed by atoms with Gasteiger partial charge in [0.25, 0.3) is 0 Å². The molecule has 0 spiro atoms. The number of esters is 3. The summed E-state index contributed by atoms with van der Waals surface area (Å²) >= 11 is 0. The van der Waals surface area contributed by atoms with Gasteiger partial charge in [0.2, 0.25) is 0 Å². The molecule has 0 amide bonds. The van der Waals surface area contributed by atoms with Crippen molar-refractivity contribution in [2.75, 3.05) is 14.2 Å². The van der Waals surface area contributed by atoms with Crippen LogP contribution in [-0.4, -0.2) is 32.1 Å². The van der Waals surface area contributed by atoms with E-state index < -0.39 is 23.3 Å². The molecule has 112 valence electrons. The zero-order valence-electron chi connectivity index (χ0n) is 12.0. The van der Waals surface area contributed by atoms with E-state index in [9.17, 15) is 14.4 Å². The molecule has 0 bridgehead atoms. The van der Waals surface area contributed by atoms with Gasteiger partial charge in [-0.05, 0) is 24.1 Å². The normalized spacial score (nSPS) is 18.5. The van der Waals surface area contributed by atoms with Crippen LogP contribution in [0.1, 0.15) is 24.8 Å². The predicted octanol–water partition coefficient (Wildman–Crippen LogP) is 1.43. The van der Waals surface area contributed by atoms with Crippen molar-refractivity contribution in [2.24, 2.45) is 5.41 Å². The lowest BCUT2D eigenvalue weighted by Gasteiger charge is -2.12. The number of ether oxygens (including phenoxy) is 3. The molecule has 0 aliphatic heterocycles. The molecule has 1 aliphatic rings. The second-order valence-corrected chi connectivity index (χ2v) is 4.87. The minimum Gasteiger partial charge on any atom is -0.468 e. The van der Waals surface area contributed by atoms with Gasteiger partial charge in [-0.15, -0.1) is 0 Å². The fraction of sp³-hybridized carbons (Fsp3) is 0.400. The van der Waals surface area contributed by atoms with E-state index in [0.29, 0.717) is 12.2 Å². The van der Waals surface area contributed by atoms with E-state index in [0.717, 1.165) is 5.56 Å². The largest absolute Gasteiger partial charge is 0.468 e. The number of hydrogen-bond acceptors (Lipinski definition) is 6. The number of hydrogen-bond donors (Lipinski definition) is 0. The van der Waals surface area contributed by atoms with E-state index >= 15 is 0 Å². The third-order valence-electron chi connectivity index (χ3n) is 3.60. The van der Waals surface area contributed by atoms with E-state index in [1.807, 2.05) is 0 Å². The predicted molar refractivity (Wildman–Crippen MR) is 71.6 cm³/mol. The Balaban J connectivity index is 2.21. The Morgan fingerprint density at radius 2 is 1.57 bits per heavy atom. The van der Waals surface area contributed by atoms with Gasteiger partial charge in [0.05, 0.1) is 14.2 Å². The van der Waals surface area contributed by atoms with Crippen LogP contribution in [0.5, 0.6) is 5.75 Å². The molecular formula is C15H16O6. The highest BCUT2D eigenvalue weighted by Crippen LogP contribution is 2.60. The Labute approximate surface area is 122 Å². The second-order valence-electron chi connectivity index (χ2n) is 4.87.